The van der Waals surface area contributed by atoms with Crippen molar-refractivity contribution in [2.24, 2.45) is 0 Å². The number of hydrogen-bond acceptors (Lipinski definition) is 3. The molecular weight excluding hydrogens is 288 g/mol. The molecule has 0 bridgehead atoms. The summed E-state index contributed by atoms with van der Waals surface area (Å²) in [6.45, 7) is 4.77. The van der Waals surface area contributed by atoms with Gasteiger partial charge in [0, 0.05) is 24.3 Å². The maximum Gasteiger partial charge on any atom is 0.224 e. The third-order valence-electron chi connectivity index (χ3n) is 3.42. The zero-order valence-electron chi connectivity index (χ0n) is 12.2. The van der Waals surface area contributed by atoms with Crippen molar-refractivity contribution in [3.63, 3.8) is 0 Å². The lowest BCUT2D eigenvalue weighted by Gasteiger charge is -2.08. The third kappa shape index (κ3) is 3.98. The van der Waals surface area contributed by atoms with E-state index in [1.165, 1.54) is 0 Å². The van der Waals surface area contributed by atoms with Gasteiger partial charge in [0.2, 0.25) is 5.91 Å². The fraction of sp³-hybridized carbons (Fsp3) is 0.333. The molecule has 6 heteroatoms. The van der Waals surface area contributed by atoms with Crippen LogP contribution in [0.3, 0.4) is 0 Å². The number of aryl methyl sites for hydroxylation is 2. The van der Waals surface area contributed by atoms with Crippen LogP contribution in [0.5, 0.6) is 0 Å². The number of nitrogens with two attached hydrogens (primary N) is 1. The molecule has 1 amide bonds. The predicted molar refractivity (Wildman–Crippen MR) is 85.4 cm³/mol. The molecule has 0 spiro atoms. The van der Waals surface area contributed by atoms with Crippen LogP contribution in [0, 0.1) is 13.8 Å². The molecule has 0 radical (unpaired) electrons. The van der Waals surface area contributed by atoms with Crippen LogP contribution in [-0.4, -0.2) is 15.5 Å². The molecule has 0 saturated carbocycles. The van der Waals surface area contributed by atoms with Gasteiger partial charge in [0.1, 0.15) is 0 Å². The molecule has 2 aromatic rings. The van der Waals surface area contributed by atoms with Crippen molar-refractivity contribution in [2.75, 3.05) is 11.1 Å². The summed E-state index contributed by atoms with van der Waals surface area (Å²) in [6.07, 6.45) is 2.98. The number of rotatable bonds is 5. The van der Waals surface area contributed by atoms with Gasteiger partial charge in [-0.1, -0.05) is 11.6 Å². The Kier molecular flexibility index (Phi) is 4.85. The standard InChI is InChI=1S/C15H19ClN4O/c1-10-11(2)20(9-18-10)7-3-4-15(21)19-14-6-5-12(17)8-13(14)16/h5-6,8-9H,3-4,7,17H2,1-2H3,(H,19,21). The van der Waals surface area contributed by atoms with E-state index in [4.69, 9.17) is 17.3 Å². The first kappa shape index (κ1) is 15.4. The second-order valence-corrected chi connectivity index (χ2v) is 5.41. The van der Waals surface area contributed by atoms with E-state index in [9.17, 15) is 4.79 Å². The lowest BCUT2D eigenvalue weighted by atomic mass is 10.2. The van der Waals surface area contributed by atoms with Crippen molar-refractivity contribution in [2.45, 2.75) is 33.2 Å². The number of hydrogen-bond donors (Lipinski definition) is 2. The number of nitrogen functional groups attached to an aromatic ring is 1. The number of nitrogens with zero attached hydrogens (tertiary/aromatic N) is 2. The summed E-state index contributed by atoms with van der Waals surface area (Å²) < 4.78 is 2.05. The molecule has 5 nitrogen and oxygen atoms in total. The van der Waals surface area contributed by atoms with Gasteiger partial charge in [-0.25, -0.2) is 4.98 Å². The van der Waals surface area contributed by atoms with Gasteiger partial charge in [-0.05, 0) is 38.5 Å². The maximum absolute atomic E-state index is 11.9. The van der Waals surface area contributed by atoms with Crippen molar-refractivity contribution >= 4 is 28.9 Å². The van der Waals surface area contributed by atoms with E-state index in [1.807, 2.05) is 13.8 Å². The van der Waals surface area contributed by atoms with Crippen LogP contribution in [0.1, 0.15) is 24.2 Å². The second-order valence-electron chi connectivity index (χ2n) is 5.00. The van der Waals surface area contributed by atoms with E-state index in [2.05, 4.69) is 14.9 Å². The molecule has 0 aliphatic carbocycles. The molecular formula is C15H19ClN4O. The fourth-order valence-electron chi connectivity index (χ4n) is 2.02. The molecule has 0 unspecified atom stereocenters. The Bertz CT molecular complexity index is 651. The summed E-state index contributed by atoms with van der Waals surface area (Å²) >= 11 is 6.02. The quantitative estimate of drug-likeness (QED) is 0.833. The summed E-state index contributed by atoms with van der Waals surface area (Å²) in [7, 11) is 0. The van der Waals surface area contributed by atoms with Crippen LogP contribution < -0.4 is 11.1 Å². The van der Waals surface area contributed by atoms with E-state index in [1.54, 1.807) is 24.5 Å². The third-order valence-corrected chi connectivity index (χ3v) is 3.73. The average Bonchev–Trinajstić information content (AvgIpc) is 2.74. The van der Waals surface area contributed by atoms with E-state index < -0.39 is 0 Å². The van der Waals surface area contributed by atoms with E-state index in [0.29, 0.717) is 22.8 Å². The van der Waals surface area contributed by atoms with Gasteiger partial charge in [0.15, 0.2) is 0 Å². The highest BCUT2D eigenvalue weighted by Crippen LogP contribution is 2.24. The van der Waals surface area contributed by atoms with Crippen LogP contribution in [-0.2, 0) is 11.3 Å². The van der Waals surface area contributed by atoms with Crippen LogP contribution >= 0.6 is 11.6 Å². The van der Waals surface area contributed by atoms with E-state index in [0.717, 1.165) is 24.4 Å². The van der Waals surface area contributed by atoms with Gasteiger partial charge < -0.3 is 15.6 Å². The number of benzene rings is 1. The fourth-order valence-corrected chi connectivity index (χ4v) is 2.26. The van der Waals surface area contributed by atoms with Crippen LogP contribution in [0.25, 0.3) is 0 Å². The highest BCUT2D eigenvalue weighted by atomic mass is 35.5. The number of aromatic nitrogens is 2. The van der Waals surface area contributed by atoms with Crippen LogP contribution in [0.4, 0.5) is 11.4 Å². The lowest BCUT2D eigenvalue weighted by molar-refractivity contribution is -0.116. The molecule has 2 rings (SSSR count). The molecule has 1 aromatic carbocycles. The molecule has 1 aromatic heterocycles. The smallest absolute Gasteiger partial charge is 0.224 e. The molecule has 112 valence electrons. The monoisotopic (exact) mass is 306 g/mol. The SMILES string of the molecule is Cc1ncn(CCCC(=O)Nc2ccc(N)cc2Cl)c1C. The number of halogens is 1. The largest absolute Gasteiger partial charge is 0.399 e. The molecule has 0 aliphatic rings. The van der Waals surface area contributed by atoms with Crippen LogP contribution in [0.2, 0.25) is 5.02 Å². The van der Waals surface area contributed by atoms with E-state index >= 15 is 0 Å². The number of amides is 1. The first-order valence-electron chi connectivity index (χ1n) is 6.80. The van der Waals surface area contributed by atoms with Crippen molar-refractivity contribution < 1.29 is 4.79 Å². The summed E-state index contributed by atoms with van der Waals surface area (Å²) in [5.41, 5.74) is 8.93. The summed E-state index contributed by atoms with van der Waals surface area (Å²) in [5.74, 6) is -0.0591. The molecule has 0 fully saturated rings. The number of nitrogens with one attached hydrogen (secondary N) is 1. The number of imidazole rings is 1. The Hall–Kier alpha value is -2.01. The van der Waals surface area contributed by atoms with Crippen LogP contribution in [0.15, 0.2) is 24.5 Å². The van der Waals surface area contributed by atoms with Gasteiger partial charge in [-0.2, -0.15) is 0 Å². The Morgan fingerprint density at radius 2 is 2.19 bits per heavy atom. The topological polar surface area (TPSA) is 72.9 Å². The Morgan fingerprint density at radius 1 is 1.43 bits per heavy atom. The number of anilines is 2. The summed E-state index contributed by atoms with van der Waals surface area (Å²) in [6, 6.07) is 5.03. The molecule has 3 N–H and O–H groups in total. The average molecular weight is 307 g/mol. The van der Waals surface area contributed by atoms with Gasteiger partial charge in [0.25, 0.3) is 0 Å². The van der Waals surface area contributed by atoms with E-state index in [-0.39, 0.29) is 5.91 Å². The number of carbonyl (C=O) groups excluding carboxylic acids is 1. The molecule has 1 heterocycles. The normalized spacial score (nSPS) is 10.6. The molecule has 21 heavy (non-hydrogen) atoms. The minimum atomic E-state index is -0.0591. The first-order valence-corrected chi connectivity index (χ1v) is 7.18. The maximum atomic E-state index is 11.9. The highest BCUT2D eigenvalue weighted by Gasteiger charge is 2.07. The van der Waals surface area contributed by atoms with Crippen molar-refractivity contribution in [3.8, 4) is 0 Å². The number of carbonyl (C=O) groups is 1. The Balaban J connectivity index is 1.84. The van der Waals surface area contributed by atoms with Crippen molar-refractivity contribution in [1.29, 1.82) is 0 Å². The Morgan fingerprint density at radius 3 is 2.81 bits per heavy atom. The van der Waals surface area contributed by atoms with Crippen molar-refractivity contribution in [3.05, 3.63) is 40.9 Å². The highest BCUT2D eigenvalue weighted by molar-refractivity contribution is 6.34. The van der Waals surface area contributed by atoms with Gasteiger partial charge >= 0.3 is 0 Å². The zero-order chi connectivity index (χ0) is 15.4. The summed E-state index contributed by atoms with van der Waals surface area (Å²) in [5, 5.41) is 3.24. The second kappa shape index (κ2) is 6.63. The minimum Gasteiger partial charge on any atom is -0.399 e. The summed E-state index contributed by atoms with van der Waals surface area (Å²) in [4.78, 5) is 16.1. The van der Waals surface area contributed by atoms with Gasteiger partial charge in [-0.15, -0.1) is 0 Å². The van der Waals surface area contributed by atoms with Crippen molar-refractivity contribution in [1.82, 2.24) is 9.55 Å². The predicted octanol–water partition coefficient (Wildman–Crippen LogP) is 3.15. The Labute approximate surface area is 129 Å². The minimum absolute atomic E-state index is 0.0591. The molecule has 0 atom stereocenters. The molecule has 0 saturated heterocycles. The van der Waals surface area contributed by atoms with Gasteiger partial charge in [0.05, 0.1) is 22.7 Å². The first-order chi connectivity index (χ1) is 9.97. The molecule has 0 aliphatic heterocycles. The lowest BCUT2D eigenvalue weighted by Crippen LogP contribution is -2.13. The van der Waals surface area contributed by atoms with Gasteiger partial charge in [-0.3, -0.25) is 4.79 Å². The zero-order valence-corrected chi connectivity index (χ0v) is 12.9.